The van der Waals surface area contributed by atoms with Crippen molar-refractivity contribution in [3.05, 3.63) is 59.9 Å². The van der Waals surface area contributed by atoms with E-state index in [1.165, 1.54) is 30.3 Å². The Kier molecular flexibility index (Phi) is 5.81. The van der Waals surface area contributed by atoms with Crippen molar-refractivity contribution in [3.63, 3.8) is 0 Å². The lowest BCUT2D eigenvalue weighted by Gasteiger charge is -2.22. The van der Waals surface area contributed by atoms with Gasteiger partial charge >= 0.3 is 0 Å². The fraction of sp³-hybridized carbons (Fsp3) is 0.250. The number of hydrogen-bond acceptors (Lipinski definition) is 4. The predicted molar refractivity (Wildman–Crippen MR) is 95.0 cm³/mol. The molecule has 6 nitrogen and oxygen atoms in total. The summed E-state index contributed by atoms with van der Waals surface area (Å²) in [6.45, 7) is 1.46. The van der Waals surface area contributed by atoms with Crippen LogP contribution in [0, 0.1) is 12.7 Å². The van der Waals surface area contributed by atoms with E-state index in [0.717, 1.165) is 22.2 Å². The molecule has 0 aliphatic rings. The molecule has 0 radical (unpaired) electrons. The molecule has 0 amide bonds. The molecule has 0 bridgehead atoms. The Balaban J connectivity index is 2.14. The molecular formula is C16H19FN2O4S2. The van der Waals surface area contributed by atoms with Crippen LogP contribution in [0.4, 0.5) is 10.1 Å². The van der Waals surface area contributed by atoms with Crippen LogP contribution < -0.4 is 9.03 Å². The monoisotopic (exact) mass is 386 g/mol. The van der Waals surface area contributed by atoms with E-state index in [1.54, 1.807) is 19.1 Å². The number of rotatable bonds is 7. The number of hydrogen-bond donors (Lipinski definition) is 1. The van der Waals surface area contributed by atoms with Gasteiger partial charge in [-0.2, -0.15) is 0 Å². The van der Waals surface area contributed by atoms with E-state index in [4.69, 9.17) is 0 Å². The fourth-order valence-electron chi connectivity index (χ4n) is 2.27. The molecule has 0 saturated carbocycles. The number of anilines is 1. The van der Waals surface area contributed by atoms with Gasteiger partial charge < -0.3 is 0 Å². The topological polar surface area (TPSA) is 83.6 Å². The second kappa shape index (κ2) is 7.51. The number of nitrogens with zero attached hydrogens (tertiary/aromatic N) is 1. The maximum Gasteiger partial charge on any atom is 0.240 e. The zero-order chi connectivity index (χ0) is 18.7. The van der Waals surface area contributed by atoms with Crippen molar-refractivity contribution in [3.8, 4) is 0 Å². The lowest BCUT2D eigenvalue weighted by molar-refractivity contribution is 0.578. The number of aryl methyl sites for hydroxylation is 1. The third kappa shape index (κ3) is 5.25. The van der Waals surface area contributed by atoms with Crippen molar-refractivity contribution in [1.82, 2.24) is 4.72 Å². The van der Waals surface area contributed by atoms with Gasteiger partial charge in [0.1, 0.15) is 5.82 Å². The predicted octanol–water partition coefficient (Wildman–Crippen LogP) is 1.88. The quantitative estimate of drug-likeness (QED) is 0.788. The SMILES string of the molecule is Cc1cccc(S(=O)(=O)NCCN(c2cccc(F)c2)S(C)(=O)=O)c1. The van der Waals surface area contributed by atoms with E-state index in [0.29, 0.717) is 0 Å². The normalized spacial score (nSPS) is 12.1. The minimum atomic E-state index is -3.76. The average Bonchev–Trinajstić information content (AvgIpc) is 2.50. The van der Waals surface area contributed by atoms with Gasteiger partial charge in [0.15, 0.2) is 0 Å². The molecule has 0 atom stereocenters. The molecular weight excluding hydrogens is 367 g/mol. The molecule has 0 aromatic heterocycles. The fourth-order valence-corrected chi connectivity index (χ4v) is 4.31. The summed E-state index contributed by atoms with van der Waals surface area (Å²) in [5, 5.41) is 0. The highest BCUT2D eigenvalue weighted by Gasteiger charge is 2.19. The van der Waals surface area contributed by atoms with Crippen LogP contribution in [-0.2, 0) is 20.0 Å². The molecule has 136 valence electrons. The van der Waals surface area contributed by atoms with Gasteiger partial charge in [0.05, 0.1) is 16.8 Å². The summed E-state index contributed by atoms with van der Waals surface area (Å²) in [7, 11) is -7.45. The Morgan fingerprint density at radius 2 is 1.72 bits per heavy atom. The zero-order valence-electron chi connectivity index (χ0n) is 13.8. The van der Waals surface area contributed by atoms with Crippen molar-refractivity contribution in [2.24, 2.45) is 0 Å². The van der Waals surface area contributed by atoms with Crippen molar-refractivity contribution >= 4 is 25.7 Å². The Labute approximate surface area is 147 Å². The van der Waals surface area contributed by atoms with Gasteiger partial charge in [0.25, 0.3) is 0 Å². The molecule has 9 heteroatoms. The first kappa shape index (κ1) is 19.4. The Bertz CT molecular complexity index is 960. The summed E-state index contributed by atoms with van der Waals surface area (Å²) < 4.78 is 65.1. The van der Waals surface area contributed by atoms with Gasteiger partial charge in [-0.15, -0.1) is 0 Å². The van der Waals surface area contributed by atoms with Crippen LogP contribution in [0.1, 0.15) is 5.56 Å². The first-order valence-corrected chi connectivity index (χ1v) is 10.7. The van der Waals surface area contributed by atoms with Crippen molar-refractivity contribution in [1.29, 1.82) is 0 Å². The molecule has 2 rings (SSSR count). The smallest absolute Gasteiger partial charge is 0.240 e. The summed E-state index contributed by atoms with van der Waals surface area (Å²) in [6.07, 6.45) is 0.979. The molecule has 0 spiro atoms. The Hall–Kier alpha value is -1.97. The third-order valence-electron chi connectivity index (χ3n) is 3.40. The largest absolute Gasteiger partial charge is 0.269 e. The first-order chi connectivity index (χ1) is 11.6. The highest BCUT2D eigenvalue weighted by atomic mass is 32.2. The zero-order valence-corrected chi connectivity index (χ0v) is 15.4. The van der Waals surface area contributed by atoms with Crippen LogP contribution in [0.3, 0.4) is 0 Å². The van der Waals surface area contributed by atoms with Gasteiger partial charge in [-0.3, -0.25) is 4.31 Å². The molecule has 0 fully saturated rings. The van der Waals surface area contributed by atoms with Gasteiger partial charge in [0, 0.05) is 13.1 Å². The molecule has 0 unspecified atom stereocenters. The molecule has 0 heterocycles. The summed E-state index contributed by atoms with van der Waals surface area (Å²) in [6, 6.07) is 11.5. The highest BCUT2D eigenvalue weighted by molar-refractivity contribution is 7.92. The van der Waals surface area contributed by atoms with Gasteiger partial charge in [-0.05, 0) is 42.8 Å². The second-order valence-electron chi connectivity index (χ2n) is 5.53. The van der Waals surface area contributed by atoms with Gasteiger partial charge in [0.2, 0.25) is 20.0 Å². The number of sulfonamides is 2. The van der Waals surface area contributed by atoms with Crippen LogP contribution in [-0.4, -0.2) is 36.2 Å². The van der Waals surface area contributed by atoms with Crippen LogP contribution >= 0.6 is 0 Å². The molecule has 0 saturated heterocycles. The first-order valence-electron chi connectivity index (χ1n) is 7.39. The lowest BCUT2D eigenvalue weighted by Crippen LogP contribution is -2.38. The minimum Gasteiger partial charge on any atom is -0.269 e. The summed E-state index contributed by atoms with van der Waals surface area (Å²) in [5.41, 5.74) is 0.928. The van der Waals surface area contributed by atoms with Crippen LogP contribution in [0.25, 0.3) is 0 Å². The lowest BCUT2D eigenvalue weighted by atomic mass is 10.2. The Morgan fingerprint density at radius 3 is 2.32 bits per heavy atom. The van der Waals surface area contributed by atoms with Crippen molar-refractivity contribution in [2.45, 2.75) is 11.8 Å². The van der Waals surface area contributed by atoms with Gasteiger partial charge in [-0.25, -0.2) is 25.9 Å². The van der Waals surface area contributed by atoms with Crippen LogP contribution in [0.15, 0.2) is 53.4 Å². The summed E-state index contributed by atoms with van der Waals surface area (Å²) in [4.78, 5) is 0.101. The van der Waals surface area contributed by atoms with Crippen molar-refractivity contribution < 1.29 is 21.2 Å². The van der Waals surface area contributed by atoms with Crippen LogP contribution in [0.2, 0.25) is 0 Å². The minimum absolute atomic E-state index is 0.101. The third-order valence-corrected chi connectivity index (χ3v) is 6.06. The molecule has 2 aromatic rings. The second-order valence-corrected chi connectivity index (χ2v) is 9.20. The van der Waals surface area contributed by atoms with Crippen LogP contribution in [0.5, 0.6) is 0 Å². The van der Waals surface area contributed by atoms with E-state index in [9.17, 15) is 21.2 Å². The van der Waals surface area contributed by atoms with E-state index in [-0.39, 0.29) is 23.7 Å². The number of halogens is 1. The molecule has 0 aliphatic carbocycles. The van der Waals surface area contributed by atoms with E-state index >= 15 is 0 Å². The molecule has 0 aliphatic heterocycles. The summed E-state index contributed by atoms with van der Waals surface area (Å²) in [5.74, 6) is -0.577. The van der Waals surface area contributed by atoms with E-state index in [2.05, 4.69) is 4.72 Å². The molecule has 1 N–H and O–H groups in total. The van der Waals surface area contributed by atoms with Crippen molar-refractivity contribution in [2.75, 3.05) is 23.7 Å². The maximum atomic E-state index is 13.4. The number of nitrogens with one attached hydrogen (secondary N) is 1. The van der Waals surface area contributed by atoms with E-state index in [1.807, 2.05) is 0 Å². The molecule has 2 aromatic carbocycles. The number of benzene rings is 2. The molecule has 25 heavy (non-hydrogen) atoms. The van der Waals surface area contributed by atoms with Gasteiger partial charge in [-0.1, -0.05) is 18.2 Å². The standard InChI is InChI=1S/C16H19FN2O4S2/c1-13-5-3-8-16(11-13)25(22,23)18-9-10-19(24(2,20)21)15-7-4-6-14(17)12-15/h3-8,11-12,18H,9-10H2,1-2H3. The summed E-state index contributed by atoms with van der Waals surface area (Å²) >= 11 is 0. The maximum absolute atomic E-state index is 13.4. The highest BCUT2D eigenvalue weighted by Crippen LogP contribution is 2.18. The Morgan fingerprint density at radius 1 is 1.04 bits per heavy atom. The van der Waals surface area contributed by atoms with E-state index < -0.39 is 25.9 Å². The average molecular weight is 386 g/mol.